The molecule has 0 saturated carbocycles. The number of nitrogens with zero attached hydrogens (tertiary/aromatic N) is 1. The molecule has 0 saturated heterocycles. The van der Waals surface area contributed by atoms with Gasteiger partial charge in [0.1, 0.15) is 5.82 Å². The largest absolute Gasteiger partial charge is 0.376 e. The highest BCUT2D eigenvalue weighted by molar-refractivity contribution is 7.89. The van der Waals surface area contributed by atoms with Crippen LogP contribution in [0, 0.1) is 5.82 Å². The molecule has 0 aliphatic carbocycles. The number of hydrogen-bond donors (Lipinski definition) is 2. The van der Waals surface area contributed by atoms with Crippen molar-refractivity contribution in [3.8, 4) is 0 Å². The Bertz CT molecular complexity index is 833. The van der Waals surface area contributed by atoms with Crippen LogP contribution in [0.4, 0.5) is 15.8 Å². The van der Waals surface area contributed by atoms with Gasteiger partial charge in [-0.2, -0.15) is 4.31 Å². The maximum absolute atomic E-state index is 12.8. The predicted molar refractivity (Wildman–Crippen MR) is 100 cm³/mol. The zero-order valence-corrected chi connectivity index (χ0v) is 15.5. The van der Waals surface area contributed by atoms with E-state index < -0.39 is 10.0 Å². The van der Waals surface area contributed by atoms with E-state index in [-0.39, 0.29) is 23.2 Å². The molecule has 6 nitrogen and oxygen atoms in total. The molecule has 140 valence electrons. The Morgan fingerprint density at radius 2 is 1.50 bits per heavy atom. The van der Waals surface area contributed by atoms with E-state index in [2.05, 4.69) is 10.6 Å². The number of carbonyl (C=O) groups is 1. The molecule has 0 aliphatic rings. The molecule has 0 radical (unpaired) electrons. The molecule has 0 aliphatic heterocycles. The molecule has 26 heavy (non-hydrogen) atoms. The molecule has 0 fully saturated rings. The van der Waals surface area contributed by atoms with Crippen LogP contribution in [0.15, 0.2) is 53.4 Å². The summed E-state index contributed by atoms with van der Waals surface area (Å²) in [6, 6.07) is 11.7. The molecule has 2 N–H and O–H groups in total. The van der Waals surface area contributed by atoms with Crippen molar-refractivity contribution >= 4 is 27.3 Å². The lowest BCUT2D eigenvalue weighted by molar-refractivity contribution is -0.114. The molecule has 0 heterocycles. The average molecular weight is 379 g/mol. The van der Waals surface area contributed by atoms with Gasteiger partial charge >= 0.3 is 0 Å². The Morgan fingerprint density at radius 3 is 2.04 bits per heavy atom. The minimum Gasteiger partial charge on any atom is -0.376 e. The maximum atomic E-state index is 12.8. The van der Waals surface area contributed by atoms with Crippen LogP contribution in [0.25, 0.3) is 0 Å². The smallest absolute Gasteiger partial charge is 0.243 e. The average Bonchev–Trinajstić information content (AvgIpc) is 2.62. The molecule has 2 aromatic rings. The van der Waals surface area contributed by atoms with Crippen LogP contribution in [0.2, 0.25) is 0 Å². The number of amides is 1. The first kappa shape index (κ1) is 19.9. The van der Waals surface area contributed by atoms with Crippen LogP contribution in [0.5, 0.6) is 0 Å². The number of rotatable bonds is 8. The van der Waals surface area contributed by atoms with E-state index in [9.17, 15) is 17.6 Å². The van der Waals surface area contributed by atoms with Gasteiger partial charge in [-0.1, -0.05) is 13.8 Å². The number of anilines is 2. The van der Waals surface area contributed by atoms with E-state index in [0.29, 0.717) is 24.5 Å². The second-order valence-corrected chi connectivity index (χ2v) is 7.46. The third-order valence-corrected chi connectivity index (χ3v) is 5.84. The van der Waals surface area contributed by atoms with Crippen molar-refractivity contribution in [2.24, 2.45) is 0 Å². The topological polar surface area (TPSA) is 78.5 Å². The highest BCUT2D eigenvalue weighted by Crippen LogP contribution is 2.18. The summed E-state index contributed by atoms with van der Waals surface area (Å²) < 4.78 is 39.0. The highest BCUT2D eigenvalue weighted by atomic mass is 32.2. The molecular weight excluding hydrogens is 357 g/mol. The van der Waals surface area contributed by atoms with E-state index in [1.165, 1.54) is 40.7 Å². The first-order valence-electron chi connectivity index (χ1n) is 8.26. The first-order valence-corrected chi connectivity index (χ1v) is 9.70. The Labute approximate surface area is 153 Å². The molecule has 0 unspecified atom stereocenters. The van der Waals surface area contributed by atoms with Gasteiger partial charge in [-0.3, -0.25) is 4.79 Å². The van der Waals surface area contributed by atoms with Gasteiger partial charge in [-0.05, 0) is 48.5 Å². The predicted octanol–water partition coefficient (Wildman–Crippen LogP) is 2.91. The zero-order valence-electron chi connectivity index (χ0n) is 14.7. The molecule has 2 aromatic carbocycles. The second kappa shape index (κ2) is 8.77. The molecule has 2 rings (SSSR count). The van der Waals surface area contributed by atoms with Gasteiger partial charge in [0.25, 0.3) is 0 Å². The highest BCUT2D eigenvalue weighted by Gasteiger charge is 2.21. The standard InChI is InChI=1S/C18H22FN3O3S/c1-3-22(4-2)26(24,25)17-11-9-16(10-12-17)21-18(23)13-20-15-7-5-14(19)6-8-15/h5-12,20H,3-4,13H2,1-2H3,(H,21,23). The van der Waals surface area contributed by atoms with Crippen molar-refractivity contribution in [2.75, 3.05) is 30.3 Å². The van der Waals surface area contributed by atoms with Crippen molar-refractivity contribution in [1.82, 2.24) is 4.31 Å². The van der Waals surface area contributed by atoms with E-state index >= 15 is 0 Å². The molecular formula is C18H22FN3O3S. The van der Waals surface area contributed by atoms with Gasteiger partial charge in [0.15, 0.2) is 0 Å². The van der Waals surface area contributed by atoms with Gasteiger partial charge < -0.3 is 10.6 Å². The molecule has 0 bridgehead atoms. The fraction of sp³-hybridized carbons (Fsp3) is 0.278. The first-order chi connectivity index (χ1) is 12.4. The zero-order chi connectivity index (χ0) is 19.2. The lowest BCUT2D eigenvalue weighted by Gasteiger charge is -2.18. The second-order valence-electron chi connectivity index (χ2n) is 5.52. The molecule has 1 amide bonds. The number of benzene rings is 2. The number of nitrogens with one attached hydrogen (secondary N) is 2. The fourth-order valence-electron chi connectivity index (χ4n) is 2.38. The van der Waals surface area contributed by atoms with Crippen molar-refractivity contribution in [1.29, 1.82) is 0 Å². The number of sulfonamides is 1. The summed E-state index contributed by atoms with van der Waals surface area (Å²) in [7, 11) is -3.52. The van der Waals surface area contributed by atoms with E-state index in [0.717, 1.165) is 0 Å². The lowest BCUT2D eigenvalue weighted by atomic mass is 10.3. The molecule has 0 atom stereocenters. The van der Waals surface area contributed by atoms with Gasteiger partial charge in [-0.25, -0.2) is 12.8 Å². The quantitative estimate of drug-likeness (QED) is 0.739. The minimum atomic E-state index is -3.52. The van der Waals surface area contributed by atoms with Crippen LogP contribution in [-0.2, 0) is 14.8 Å². The van der Waals surface area contributed by atoms with Gasteiger partial charge in [0.05, 0.1) is 11.4 Å². The van der Waals surface area contributed by atoms with Crippen molar-refractivity contribution in [3.63, 3.8) is 0 Å². The number of carbonyl (C=O) groups excluding carboxylic acids is 1. The SMILES string of the molecule is CCN(CC)S(=O)(=O)c1ccc(NC(=O)CNc2ccc(F)cc2)cc1. The van der Waals surface area contributed by atoms with Crippen LogP contribution >= 0.6 is 0 Å². The van der Waals surface area contributed by atoms with Crippen molar-refractivity contribution in [3.05, 3.63) is 54.3 Å². The normalized spacial score (nSPS) is 11.4. The third-order valence-electron chi connectivity index (χ3n) is 3.78. The van der Waals surface area contributed by atoms with Crippen molar-refractivity contribution in [2.45, 2.75) is 18.7 Å². The van der Waals surface area contributed by atoms with E-state index in [1.54, 1.807) is 26.0 Å². The van der Waals surface area contributed by atoms with Crippen LogP contribution in [-0.4, -0.2) is 38.3 Å². The number of halogens is 1. The van der Waals surface area contributed by atoms with E-state index in [1.807, 2.05) is 0 Å². The van der Waals surface area contributed by atoms with Crippen molar-refractivity contribution < 1.29 is 17.6 Å². The fourth-order valence-corrected chi connectivity index (χ4v) is 3.84. The Hall–Kier alpha value is -2.45. The Kier molecular flexibility index (Phi) is 6.70. The Balaban J connectivity index is 1.96. The summed E-state index contributed by atoms with van der Waals surface area (Å²) in [6.45, 7) is 4.36. The molecule has 0 aromatic heterocycles. The van der Waals surface area contributed by atoms with Gasteiger partial charge in [-0.15, -0.1) is 0 Å². The Morgan fingerprint density at radius 1 is 0.962 bits per heavy atom. The van der Waals surface area contributed by atoms with Crippen LogP contribution in [0.3, 0.4) is 0 Å². The van der Waals surface area contributed by atoms with Crippen LogP contribution in [0.1, 0.15) is 13.8 Å². The molecule has 8 heteroatoms. The molecule has 0 spiro atoms. The third kappa shape index (κ3) is 5.03. The van der Waals surface area contributed by atoms with Gasteiger partial charge in [0, 0.05) is 24.5 Å². The summed E-state index contributed by atoms with van der Waals surface area (Å²) in [4.78, 5) is 12.1. The summed E-state index contributed by atoms with van der Waals surface area (Å²) >= 11 is 0. The lowest BCUT2D eigenvalue weighted by Crippen LogP contribution is -2.30. The number of hydrogen-bond acceptors (Lipinski definition) is 4. The summed E-state index contributed by atoms with van der Waals surface area (Å²) in [5.41, 5.74) is 1.12. The van der Waals surface area contributed by atoms with Gasteiger partial charge in [0.2, 0.25) is 15.9 Å². The summed E-state index contributed by atoms with van der Waals surface area (Å²) in [5.74, 6) is -0.645. The monoisotopic (exact) mass is 379 g/mol. The summed E-state index contributed by atoms with van der Waals surface area (Å²) in [6.07, 6.45) is 0. The summed E-state index contributed by atoms with van der Waals surface area (Å²) in [5, 5.41) is 5.55. The maximum Gasteiger partial charge on any atom is 0.243 e. The minimum absolute atomic E-state index is 0.00509. The van der Waals surface area contributed by atoms with E-state index in [4.69, 9.17) is 0 Å². The van der Waals surface area contributed by atoms with Crippen LogP contribution < -0.4 is 10.6 Å².